The molecule has 500 valence electrons. The van der Waals surface area contributed by atoms with Gasteiger partial charge in [-0.15, -0.1) is 0 Å². The fraction of sp³-hybridized carbons (Fsp3) is 0.382. The summed E-state index contributed by atoms with van der Waals surface area (Å²) in [4.78, 5) is 83.4. The Bertz CT molecular complexity index is 3780. The van der Waals surface area contributed by atoms with Crippen molar-refractivity contribution in [2.24, 2.45) is 17.6 Å². The highest BCUT2D eigenvalue weighted by atomic mass is 35.5. The summed E-state index contributed by atoms with van der Waals surface area (Å²) in [7, 11) is 0. The van der Waals surface area contributed by atoms with Gasteiger partial charge in [0.1, 0.15) is 51.7 Å². The first-order chi connectivity index (χ1) is 43.6. The minimum Gasteiger partial charge on any atom is -0.356 e. The van der Waals surface area contributed by atoms with Crippen LogP contribution in [0.4, 0.5) is 44.5 Å². The molecule has 0 spiro atoms. The Morgan fingerprint density at radius 3 is 1.22 bits per heavy atom. The predicted octanol–water partition coefficient (Wildman–Crippen LogP) is 16.7. The average molecular weight is 1410 g/mol. The molecule has 26 heteroatoms. The van der Waals surface area contributed by atoms with E-state index in [1.165, 1.54) is 59.9 Å². The summed E-state index contributed by atoms with van der Waals surface area (Å²) in [5, 5.41) is 16.7. The molecule has 0 unspecified atom stereocenters. The molecule has 0 saturated carbocycles. The van der Waals surface area contributed by atoms with Crippen LogP contribution in [0.2, 0.25) is 20.2 Å². The van der Waals surface area contributed by atoms with Crippen molar-refractivity contribution < 1.29 is 14.4 Å². The summed E-state index contributed by atoms with van der Waals surface area (Å²) >= 11 is 28.5. The maximum atomic E-state index is 12.7. The summed E-state index contributed by atoms with van der Waals surface area (Å²) in [5.74, 6) is 7.13. The number of benzene rings is 3. The lowest BCUT2D eigenvalue weighted by Crippen LogP contribution is -2.27. The predicted molar refractivity (Wildman–Crippen MR) is 392 cm³/mol. The van der Waals surface area contributed by atoms with E-state index in [2.05, 4.69) is 89.8 Å². The number of hydrogen-bond acceptors (Lipinski definition) is 22. The number of aryl methyl sites for hydroxylation is 6. The molecule has 94 heavy (non-hydrogen) atoms. The fourth-order valence-electron chi connectivity index (χ4n) is 10.2. The molecule has 3 aromatic carbocycles. The van der Waals surface area contributed by atoms with Gasteiger partial charge in [0, 0.05) is 84.8 Å². The maximum absolute atomic E-state index is 12.7. The molecule has 3 saturated heterocycles. The number of halogens is 4. The molecular weight excluding hydrogens is 1330 g/mol. The van der Waals surface area contributed by atoms with Crippen LogP contribution < -0.4 is 36.8 Å². The third-order valence-corrected chi connectivity index (χ3v) is 19.3. The fourth-order valence-corrected chi connectivity index (χ4v) is 13.6. The largest absolute Gasteiger partial charge is 0.356 e. The lowest BCUT2D eigenvalue weighted by atomic mass is 10.0. The maximum Gasteiger partial charge on any atom is 0.188 e. The molecular formula is C68H84Cl4N16O3S3. The smallest absolute Gasteiger partial charge is 0.188 e. The lowest BCUT2D eigenvalue weighted by Gasteiger charge is -2.18. The number of hydrogen-bond donors (Lipinski definition) is 5. The highest BCUT2D eigenvalue weighted by molar-refractivity contribution is 7.18. The Morgan fingerprint density at radius 2 is 0.904 bits per heavy atom. The van der Waals surface area contributed by atoms with Crippen LogP contribution in [0.3, 0.4) is 0 Å². The number of thiazole rings is 3. The molecule has 3 aliphatic heterocycles. The summed E-state index contributed by atoms with van der Waals surface area (Å²) in [5.41, 5.74) is 11.6. The van der Waals surface area contributed by atoms with Crippen molar-refractivity contribution in [1.29, 1.82) is 0 Å². The van der Waals surface area contributed by atoms with Gasteiger partial charge in [-0.1, -0.05) is 153 Å². The van der Waals surface area contributed by atoms with E-state index in [4.69, 9.17) is 52.1 Å². The van der Waals surface area contributed by atoms with Crippen LogP contribution in [-0.2, 0) is 19.3 Å². The zero-order valence-electron chi connectivity index (χ0n) is 51.8. The van der Waals surface area contributed by atoms with Gasteiger partial charge in [-0.05, 0) is 137 Å². The zero-order valence-corrected chi connectivity index (χ0v) is 57.3. The minimum atomic E-state index is -0.0290. The molecule has 0 bridgehead atoms. The SMILES string of the molecule is C.C.C.C[C@H]1CCNC1.Cc1nc(Cl)cc(Nc2ncc(C(=O)Cc3c(C)cccc3Cl)s2)n1.Cc1nc(Nc2ncc(C(=O)Cc3c(C)cccc3Cl)s2)cc(N2CC[C@H](C)C2)n1.Cc1nc(Nc2ncc(C(=O)Cc3c(C)cccc3Cl)s2)cc(N2CC[C@H](N)C2)n1. The average Bonchev–Trinajstić information content (AvgIpc) is 1.62. The van der Waals surface area contributed by atoms with Crippen molar-refractivity contribution >= 4 is 142 Å². The van der Waals surface area contributed by atoms with Gasteiger partial charge in [0.15, 0.2) is 32.7 Å². The van der Waals surface area contributed by atoms with Crippen molar-refractivity contribution in [1.82, 2.24) is 50.2 Å². The number of Topliss-reactive ketones (excluding diaryl/α,β-unsaturated/α-hetero) is 3. The molecule has 0 radical (unpaired) electrons. The summed E-state index contributed by atoms with van der Waals surface area (Å²) < 4.78 is 0. The summed E-state index contributed by atoms with van der Waals surface area (Å²) in [6.45, 7) is 22.0. The first kappa shape index (κ1) is 75.9. The number of nitrogens with one attached hydrogen (secondary N) is 4. The second kappa shape index (κ2) is 35.6. The van der Waals surface area contributed by atoms with E-state index in [0.717, 1.165) is 83.5 Å². The number of aromatic nitrogens is 9. The van der Waals surface area contributed by atoms with E-state index in [1.807, 2.05) is 89.2 Å². The normalized spacial score (nSPS) is 15.4. The van der Waals surface area contributed by atoms with Gasteiger partial charge in [-0.2, -0.15) is 0 Å². The quantitative estimate of drug-likeness (QED) is 0.0420. The van der Waals surface area contributed by atoms with Gasteiger partial charge in [-0.25, -0.2) is 44.9 Å². The van der Waals surface area contributed by atoms with Crippen LogP contribution in [0.25, 0.3) is 0 Å². The van der Waals surface area contributed by atoms with Gasteiger partial charge in [0.05, 0.1) is 33.2 Å². The van der Waals surface area contributed by atoms with Crippen molar-refractivity contribution in [3.05, 3.63) is 177 Å². The monoisotopic (exact) mass is 1410 g/mol. The molecule has 0 amide bonds. The van der Waals surface area contributed by atoms with Gasteiger partial charge in [0.2, 0.25) is 0 Å². The third kappa shape index (κ3) is 21.4. The van der Waals surface area contributed by atoms with Crippen molar-refractivity contribution in [3.8, 4) is 0 Å². The minimum absolute atomic E-state index is 0. The lowest BCUT2D eigenvalue weighted by molar-refractivity contribution is 0.0988. The highest BCUT2D eigenvalue weighted by Gasteiger charge is 2.24. The van der Waals surface area contributed by atoms with Crippen molar-refractivity contribution in [2.75, 3.05) is 65.0 Å². The summed E-state index contributed by atoms with van der Waals surface area (Å²) in [6, 6.07) is 22.5. The number of carbonyl (C=O) groups excluding carboxylic acids is 3. The van der Waals surface area contributed by atoms with Gasteiger partial charge < -0.3 is 36.8 Å². The van der Waals surface area contributed by atoms with Gasteiger partial charge in [-0.3, -0.25) is 14.4 Å². The van der Waals surface area contributed by atoms with E-state index >= 15 is 0 Å². The number of anilines is 8. The molecule has 3 fully saturated rings. The number of rotatable bonds is 17. The Balaban J connectivity index is 0.000000211. The molecule has 19 nitrogen and oxygen atoms in total. The number of nitrogens with two attached hydrogens (primary N) is 1. The molecule has 6 aromatic heterocycles. The van der Waals surface area contributed by atoms with E-state index in [-0.39, 0.29) is 64.9 Å². The standard InChI is InChI=1S/C22H24ClN5OS.C21H23ClN6OS.C17H14Cl2N4OS.C5H11N.3CH4/c1-13-7-8-28(12-13)21-10-20(25-15(3)26-21)27-22-24-11-19(30-22)18(29)9-16-14(2)5-4-6-17(16)23;1-12-4-3-5-16(22)15(12)8-17(29)18-10-24-21(30-18)27-19-9-20(26-13(2)25-19)28-7-6-14(23)11-28;1-9-4-3-5-12(18)11(9)6-13(24)14-8-20-17(25-14)23-16-7-15(19)21-10(2)22-16;1-5-2-3-6-4-5;;;/h4-6,10-11,13H,7-9,12H2,1-3H3,(H,24,25,26,27);3-5,9-10,14H,6-8,11,23H2,1-2H3,(H,24,25,26,27);3-5,7-8H,6H2,1-2H3,(H,20,21,22,23);5-6H,2-4H2,1H3;3*1H4/t13-;14-;;5-;;;/m00.0.../s1. The van der Waals surface area contributed by atoms with Crippen molar-refractivity contribution in [3.63, 3.8) is 0 Å². The topological polar surface area (TPSA) is 248 Å². The van der Waals surface area contributed by atoms with Crippen LogP contribution in [0.15, 0.2) is 91.4 Å². The van der Waals surface area contributed by atoms with Gasteiger partial charge in [0.25, 0.3) is 0 Å². The number of nitrogens with zero attached hydrogens (tertiary/aromatic N) is 11. The Labute approximate surface area is 584 Å². The summed E-state index contributed by atoms with van der Waals surface area (Å²) in [6.07, 6.45) is 9.01. The van der Waals surface area contributed by atoms with Crippen molar-refractivity contribution in [2.45, 2.75) is 122 Å². The Morgan fingerprint density at radius 1 is 0.521 bits per heavy atom. The van der Waals surface area contributed by atoms with Gasteiger partial charge >= 0.3 is 0 Å². The molecule has 0 aliphatic carbocycles. The van der Waals surface area contributed by atoms with E-state index < -0.39 is 0 Å². The number of carbonyl (C=O) groups is 3. The third-order valence-electron chi connectivity index (χ3n) is 15.2. The second-order valence-electron chi connectivity index (χ2n) is 22.7. The van der Waals surface area contributed by atoms with Crippen LogP contribution in [0, 0.1) is 53.4 Å². The molecule has 9 aromatic rings. The first-order valence-electron chi connectivity index (χ1n) is 29.8. The zero-order chi connectivity index (χ0) is 64.9. The molecule has 3 atom stereocenters. The van der Waals surface area contributed by atoms with E-state index in [0.29, 0.717) is 91.1 Å². The molecule has 12 rings (SSSR count). The van der Waals surface area contributed by atoms with Crippen LogP contribution in [0.1, 0.15) is 135 Å². The number of ketones is 3. The van der Waals surface area contributed by atoms with E-state index in [9.17, 15) is 14.4 Å². The molecule has 3 aliphatic rings. The Hall–Kier alpha value is -7.12. The van der Waals surface area contributed by atoms with Crippen LogP contribution in [0.5, 0.6) is 0 Å². The second-order valence-corrected chi connectivity index (χ2v) is 27.4. The molecule has 9 heterocycles. The molecule has 6 N–H and O–H groups in total. The van der Waals surface area contributed by atoms with E-state index in [1.54, 1.807) is 43.7 Å². The highest BCUT2D eigenvalue weighted by Crippen LogP contribution is 2.32. The van der Waals surface area contributed by atoms with Crippen LogP contribution in [-0.4, -0.2) is 108 Å². The Kier molecular flexibility index (Phi) is 28.7. The first-order valence-corrected chi connectivity index (χ1v) is 33.7. The van der Waals surface area contributed by atoms with Crippen LogP contribution >= 0.6 is 80.4 Å².